The fourth-order valence-electron chi connectivity index (χ4n) is 4.33. The van der Waals surface area contributed by atoms with Gasteiger partial charge in [-0.1, -0.05) is 12.1 Å². The highest BCUT2D eigenvalue weighted by molar-refractivity contribution is 6.08. The second-order valence-electron chi connectivity index (χ2n) is 8.31. The summed E-state index contributed by atoms with van der Waals surface area (Å²) < 4.78 is 13.2. The minimum Gasteiger partial charge on any atom is -0.476 e. The van der Waals surface area contributed by atoms with Crippen LogP contribution in [0.4, 0.5) is 5.69 Å². The Kier molecular flexibility index (Phi) is 5.60. The maximum atomic E-state index is 13.5. The summed E-state index contributed by atoms with van der Waals surface area (Å²) in [6, 6.07) is 16.7. The summed E-state index contributed by atoms with van der Waals surface area (Å²) in [6.07, 6.45) is -0.754. The molecular weight excluding hydrogens is 420 g/mol. The number of carbonyl (C=O) groups excluding carboxylic acids is 2. The third-order valence-corrected chi connectivity index (χ3v) is 5.99. The average molecular weight is 447 g/mol. The topological polar surface area (TPSA) is 76.9 Å². The molecule has 2 amide bonds. The number of anilines is 1. The van der Waals surface area contributed by atoms with Crippen LogP contribution in [0, 0.1) is 13.8 Å². The molecule has 0 N–H and O–H groups in total. The minimum absolute atomic E-state index is 0.120. The number of aryl methyl sites for hydroxylation is 2. The average Bonchev–Trinajstić information content (AvgIpc) is 3.20. The van der Waals surface area contributed by atoms with Gasteiger partial charge in [-0.15, -0.1) is 0 Å². The van der Waals surface area contributed by atoms with E-state index in [9.17, 15) is 9.59 Å². The van der Waals surface area contributed by atoms with Crippen LogP contribution in [-0.2, 0) is 9.53 Å². The maximum absolute atomic E-state index is 13.5. The number of para-hydroxylation sites is 2. The number of amides is 2. The Bertz CT molecular complexity index is 1180. The van der Waals surface area contributed by atoms with Gasteiger partial charge in [-0.05, 0) is 56.3 Å². The van der Waals surface area contributed by atoms with Gasteiger partial charge in [0.05, 0.1) is 36.8 Å². The predicted molar refractivity (Wildman–Crippen MR) is 123 cm³/mol. The van der Waals surface area contributed by atoms with Crippen molar-refractivity contribution in [3.05, 3.63) is 71.5 Å². The summed E-state index contributed by atoms with van der Waals surface area (Å²) in [6.45, 7) is 6.19. The van der Waals surface area contributed by atoms with Crippen LogP contribution in [0.3, 0.4) is 0 Å². The first-order chi connectivity index (χ1) is 16.0. The van der Waals surface area contributed by atoms with Gasteiger partial charge in [0, 0.05) is 24.3 Å². The summed E-state index contributed by atoms with van der Waals surface area (Å²) in [5.74, 6) is 0.235. The lowest BCUT2D eigenvalue weighted by Crippen LogP contribution is -2.54. The first kappa shape index (κ1) is 21.2. The van der Waals surface area contributed by atoms with Crippen LogP contribution in [0.25, 0.3) is 5.69 Å². The van der Waals surface area contributed by atoms with E-state index in [-0.39, 0.29) is 18.4 Å². The van der Waals surface area contributed by atoms with Crippen molar-refractivity contribution in [2.24, 2.45) is 0 Å². The highest BCUT2D eigenvalue weighted by Crippen LogP contribution is 2.34. The maximum Gasteiger partial charge on any atom is 0.265 e. The molecule has 2 aliphatic heterocycles. The summed E-state index contributed by atoms with van der Waals surface area (Å²) >= 11 is 0. The molecule has 5 rings (SSSR count). The van der Waals surface area contributed by atoms with Crippen molar-refractivity contribution in [1.82, 2.24) is 14.7 Å². The molecule has 3 heterocycles. The lowest BCUT2D eigenvalue weighted by atomic mass is 10.1. The van der Waals surface area contributed by atoms with Crippen LogP contribution in [0.5, 0.6) is 5.75 Å². The van der Waals surface area contributed by atoms with Gasteiger partial charge in [-0.3, -0.25) is 9.59 Å². The minimum atomic E-state index is -0.754. The molecule has 8 nitrogen and oxygen atoms in total. The summed E-state index contributed by atoms with van der Waals surface area (Å²) in [4.78, 5) is 30.0. The van der Waals surface area contributed by atoms with Crippen LogP contribution >= 0.6 is 0 Å². The molecule has 3 aromatic rings. The second kappa shape index (κ2) is 8.71. The van der Waals surface area contributed by atoms with Gasteiger partial charge in [0.1, 0.15) is 5.75 Å². The third kappa shape index (κ3) is 4.09. The first-order valence-electron chi connectivity index (χ1n) is 11.1. The van der Waals surface area contributed by atoms with Gasteiger partial charge in [-0.25, -0.2) is 4.68 Å². The molecule has 2 aromatic carbocycles. The van der Waals surface area contributed by atoms with Gasteiger partial charge >= 0.3 is 0 Å². The second-order valence-corrected chi connectivity index (χ2v) is 8.31. The number of hydrogen-bond donors (Lipinski definition) is 0. The largest absolute Gasteiger partial charge is 0.476 e. The van der Waals surface area contributed by atoms with E-state index in [1.165, 1.54) is 0 Å². The summed E-state index contributed by atoms with van der Waals surface area (Å²) in [7, 11) is 0. The molecule has 1 saturated heterocycles. The van der Waals surface area contributed by atoms with Crippen LogP contribution in [0.15, 0.2) is 54.6 Å². The molecular formula is C25H26N4O4. The van der Waals surface area contributed by atoms with E-state index in [4.69, 9.17) is 9.47 Å². The Hall–Kier alpha value is -3.65. The Morgan fingerprint density at radius 1 is 1.00 bits per heavy atom. The Balaban J connectivity index is 1.41. The number of ether oxygens (including phenoxy) is 2. The zero-order valence-electron chi connectivity index (χ0n) is 18.7. The first-order valence-corrected chi connectivity index (χ1v) is 11.1. The molecule has 0 radical (unpaired) electrons. The molecule has 1 aromatic heterocycles. The number of rotatable bonds is 3. The highest BCUT2D eigenvalue weighted by atomic mass is 16.5. The Labute approximate surface area is 192 Å². The van der Waals surface area contributed by atoms with E-state index in [0.29, 0.717) is 43.3 Å². The van der Waals surface area contributed by atoms with Crippen LogP contribution in [0.1, 0.15) is 21.7 Å². The van der Waals surface area contributed by atoms with E-state index in [1.54, 1.807) is 28.0 Å². The number of hydrogen-bond acceptors (Lipinski definition) is 5. The fraction of sp³-hybridized carbons (Fsp3) is 0.320. The van der Waals surface area contributed by atoms with Crippen molar-refractivity contribution < 1.29 is 19.1 Å². The van der Waals surface area contributed by atoms with E-state index in [1.807, 2.05) is 54.9 Å². The van der Waals surface area contributed by atoms with Gasteiger partial charge in [0.15, 0.2) is 6.10 Å². The van der Waals surface area contributed by atoms with Crippen molar-refractivity contribution in [2.75, 3.05) is 37.7 Å². The van der Waals surface area contributed by atoms with Crippen molar-refractivity contribution in [3.63, 3.8) is 0 Å². The zero-order valence-corrected chi connectivity index (χ0v) is 18.7. The van der Waals surface area contributed by atoms with E-state index in [0.717, 1.165) is 17.1 Å². The van der Waals surface area contributed by atoms with Crippen molar-refractivity contribution in [3.8, 4) is 11.4 Å². The molecule has 170 valence electrons. The number of morpholine rings is 1. The van der Waals surface area contributed by atoms with Gasteiger partial charge in [0.25, 0.3) is 11.8 Å². The van der Waals surface area contributed by atoms with E-state index < -0.39 is 6.10 Å². The summed E-state index contributed by atoms with van der Waals surface area (Å²) in [5.41, 5.74) is 4.05. The quantitative estimate of drug-likeness (QED) is 0.618. The van der Waals surface area contributed by atoms with Crippen LogP contribution in [0.2, 0.25) is 0 Å². The third-order valence-electron chi connectivity index (χ3n) is 5.99. The molecule has 0 spiro atoms. The van der Waals surface area contributed by atoms with E-state index >= 15 is 0 Å². The van der Waals surface area contributed by atoms with Crippen molar-refractivity contribution in [2.45, 2.75) is 20.0 Å². The Morgan fingerprint density at radius 3 is 2.42 bits per heavy atom. The number of carbonyl (C=O) groups is 2. The van der Waals surface area contributed by atoms with Crippen LogP contribution < -0.4 is 9.64 Å². The number of benzene rings is 2. The monoisotopic (exact) mass is 446 g/mol. The molecule has 8 heteroatoms. The molecule has 1 unspecified atom stereocenters. The summed E-state index contributed by atoms with van der Waals surface area (Å²) in [5, 5.41) is 4.50. The van der Waals surface area contributed by atoms with Gasteiger partial charge in [0.2, 0.25) is 0 Å². The molecule has 0 bridgehead atoms. The standard InChI is InChI=1S/C25H26N4O4/c1-17-15-18(2)29(26-17)20-9-7-19(8-10-20)24(30)28-16-23(25(31)27-11-13-32-14-12-27)33-22-6-4-3-5-21(22)28/h3-10,15,23H,11-14,16H2,1-2H3. The van der Waals surface area contributed by atoms with Crippen LogP contribution in [-0.4, -0.2) is 65.4 Å². The smallest absolute Gasteiger partial charge is 0.265 e. The fourth-order valence-corrected chi connectivity index (χ4v) is 4.33. The number of aromatic nitrogens is 2. The SMILES string of the molecule is Cc1cc(C)n(-c2ccc(C(=O)N3CC(C(=O)N4CCOCC4)Oc4ccccc43)cc2)n1. The van der Waals surface area contributed by atoms with E-state index in [2.05, 4.69) is 5.10 Å². The van der Waals surface area contributed by atoms with Gasteiger partial charge < -0.3 is 19.3 Å². The highest BCUT2D eigenvalue weighted by Gasteiger charge is 2.36. The Morgan fingerprint density at radius 2 is 1.73 bits per heavy atom. The van der Waals surface area contributed by atoms with Crippen molar-refractivity contribution >= 4 is 17.5 Å². The molecule has 0 aliphatic carbocycles. The molecule has 1 fully saturated rings. The normalized spacial score (nSPS) is 17.9. The molecule has 33 heavy (non-hydrogen) atoms. The zero-order chi connectivity index (χ0) is 22.9. The lowest BCUT2D eigenvalue weighted by molar-refractivity contribution is -0.142. The predicted octanol–water partition coefficient (Wildman–Crippen LogP) is 2.76. The number of nitrogens with zero attached hydrogens (tertiary/aromatic N) is 4. The molecule has 1 atom stereocenters. The van der Waals surface area contributed by atoms with Crippen molar-refractivity contribution in [1.29, 1.82) is 0 Å². The molecule has 0 saturated carbocycles. The van der Waals surface area contributed by atoms with Gasteiger partial charge in [-0.2, -0.15) is 5.10 Å². The lowest BCUT2D eigenvalue weighted by Gasteiger charge is -2.37. The number of fused-ring (bicyclic) bond motifs is 1. The molecule has 2 aliphatic rings.